The standard InChI is InChI=1S/C11H6BrF3N2O2S/c12-9-2-1-3-10(16-9)17-20(18,19)11-7(14)4-6(13)5-8(11)15/h1-5H,(H,16,17). The zero-order valence-corrected chi connectivity index (χ0v) is 12.0. The van der Waals surface area contributed by atoms with Crippen molar-refractivity contribution in [3.8, 4) is 0 Å². The number of aromatic nitrogens is 1. The van der Waals surface area contributed by atoms with Gasteiger partial charge in [-0.3, -0.25) is 4.72 Å². The van der Waals surface area contributed by atoms with Crippen molar-refractivity contribution in [2.45, 2.75) is 4.90 Å². The molecule has 9 heteroatoms. The lowest BCUT2D eigenvalue weighted by molar-refractivity contribution is 0.498. The van der Waals surface area contributed by atoms with Gasteiger partial charge in [0, 0.05) is 12.1 Å². The molecule has 1 N–H and O–H groups in total. The summed E-state index contributed by atoms with van der Waals surface area (Å²) >= 11 is 3.02. The lowest BCUT2D eigenvalue weighted by atomic mass is 10.3. The Labute approximate surface area is 120 Å². The highest BCUT2D eigenvalue weighted by Crippen LogP contribution is 2.22. The van der Waals surface area contributed by atoms with E-state index in [1.54, 1.807) is 0 Å². The maximum Gasteiger partial charge on any atom is 0.268 e. The molecule has 0 amide bonds. The second kappa shape index (κ2) is 5.41. The van der Waals surface area contributed by atoms with Crippen molar-refractivity contribution in [2.75, 3.05) is 4.72 Å². The number of hydrogen-bond donors (Lipinski definition) is 1. The van der Waals surface area contributed by atoms with Crippen molar-refractivity contribution >= 4 is 31.8 Å². The van der Waals surface area contributed by atoms with Gasteiger partial charge in [-0.1, -0.05) is 6.07 Å². The summed E-state index contributed by atoms with van der Waals surface area (Å²) < 4.78 is 65.7. The van der Waals surface area contributed by atoms with Crippen LogP contribution in [0.3, 0.4) is 0 Å². The van der Waals surface area contributed by atoms with Crippen molar-refractivity contribution in [3.05, 3.63) is 52.4 Å². The van der Waals surface area contributed by atoms with Gasteiger partial charge in [0.2, 0.25) is 0 Å². The molecule has 106 valence electrons. The maximum absolute atomic E-state index is 13.5. The molecule has 0 atom stereocenters. The van der Waals surface area contributed by atoms with E-state index in [0.717, 1.165) is 0 Å². The van der Waals surface area contributed by atoms with Gasteiger partial charge in [-0.05, 0) is 28.1 Å². The molecule has 0 fully saturated rings. The molecule has 0 aliphatic heterocycles. The third-order valence-electron chi connectivity index (χ3n) is 2.19. The van der Waals surface area contributed by atoms with Gasteiger partial charge in [0.25, 0.3) is 10.0 Å². The van der Waals surface area contributed by atoms with Crippen molar-refractivity contribution in [2.24, 2.45) is 0 Å². The van der Waals surface area contributed by atoms with Crippen molar-refractivity contribution < 1.29 is 21.6 Å². The molecule has 0 aliphatic rings. The fourth-order valence-electron chi connectivity index (χ4n) is 1.44. The molecule has 2 rings (SSSR count). The molecule has 0 saturated carbocycles. The van der Waals surface area contributed by atoms with Crippen LogP contribution < -0.4 is 4.72 Å². The Hall–Kier alpha value is -1.61. The first-order chi connectivity index (χ1) is 9.29. The minimum Gasteiger partial charge on any atom is -0.263 e. The van der Waals surface area contributed by atoms with E-state index in [1.807, 2.05) is 4.72 Å². The highest BCUT2D eigenvalue weighted by molar-refractivity contribution is 9.10. The summed E-state index contributed by atoms with van der Waals surface area (Å²) in [5.74, 6) is -4.39. The monoisotopic (exact) mass is 366 g/mol. The number of pyridine rings is 1. The number of anilines is 1. The Kier molecular flexibility index (Phi) is 4.00. The SMILES string of the molecule is O=S(=O)(Nc1cccc(Br)n1)c1c(F)cc(F)cc1F. The number of halogens is 4. The molecule has 0 spiro atoms. The Balaban J connectivity index is 2.46. The number of nitrogens with zero attached hydrogens (tertiary/aromatic N) is 1. The van der Waals surface area contributed by atoms with E-state index in [0.29, 0.717) is 4.60 Å². The quantitative estimate of drug-likeness (QED) is 0.849. The van der Waals surface area contributed by atoms with Crippen molar-refractivity contribution in [1.82, 2.24) is 4.98 Å². The molecule has 0 aliphatic carbocycles. The Bertz CT molecular complexity index is 745. The average Bonchev–Trinajstić information content (AvgIpc) is 2.25. The van der Waals surface area contributed by atoms with Gasteiger partial charge in [0.1, 0.15) is 27.9 Å². The van der Waals surface area contributed by atoms with E-state index < -0.39 is 32.4 Å². The Morgan fingerprint density at radius 3 is 2.25 bits per heavy atom. The smallest absolute Gasteiger partial charge is 0.263 e. The van der Waals surface area contributed by atoms with E-state index in [1.165, 1.54) is 18.2 Å². The van der Waals surface area contributed by atoms with Gasteiger partial charge >= 0.3 is 0 Å². The van der Waals surface area contributed by atoms with Crippen LogP contribution in [0, 0.1) is 17.5 Å². The molecule has 0 saturated heterocycles. The second-order valence-corrected chi connectivity index (χ2v) is 6.08. The molecule has 1 aromatic heterocycles. The summed E-state index contributed by atoms with van der Waals surface area (Å²) in [4.78, 5) is 2.50. The lowest BCUT2D eigenvalue weighted by Gasteiger charge is -2.09. The Morgan fingerprint density at radius 1 is 1.10 bits per heavy atom. The van der Waals surface area contributed by atoms with E-state index in [2.05, 4.69) is 20.9 Å². The van der Waals surface area contributed by atoms with Crippen molar-refractivity contribution in [3.63, 3.8) is 0 Å². The average molecular weight is 367 g/mol. The molecule has 0 bridgehead atoms. The van der Waals surface area contributed by atoms with E-state index in [-0.39, 0.29) is 18.0 Å². The Morgan fingerprint density at radius 2 is 1.70 bits per heavy atom. The van der Waals surface area contributed by atoms with Crippen molar-refractivity contribution in [1.29, 1.82) is 0 Å². The lowest BCUT2D eigenvalue weighted by Crippen LogP contribution is -2.17. The fourth-order valence-corrected chi connectivity index (χ4v) is 2.91. The molecule has 20 heavy (non-hydrogen) atoms. The van der Waals surface area contributed by atoms with Crippen LogP contribution in [0.4, 0.5) is 19.0 Å². The molecule has 1 heterocycles. The van der Waals surface area contributed by atoms with Gasteiger partial charge in [-0.2, -0.15) is 0 Å². The zero-order valence-electron chi connectivity index (χ0n) is 9.57. The second-order valence-electron chi connectivity index (χ2n) is 3.65. The zero-order chi connectivity index (χ0) is 14.9. The topological polar surface area (TPSA) is 59.1 Å². The number of hydrogen-bond acceptors (Lipinski definition) is 3. The first-order valence-electron chi connectivity index (χ1n) is 5.09. The van der Waals surface area contributed by atoms with Gasteiger partial charge in [0.05, 0.1) is 0 Å². The molecule has 1 aromatic carbocycles. The predicted octanol–water partition coefficient (Wildman–Crippen LogP) is 3.06. The normalized spacial score (nSPS) is 11.4. The summed E-state index contributed by atoms with van der Waals surface area (Å²) in [6, 6.07) is 4.88. The summed E-state index contributed by atoms with van der Waals surface area (Å²) in [5.41, 5.74) is 0. The summed E-state index contributed by atoms with van der Waals surface area (Å²) in [5, 5.41) is 0. The first-order valence-corrected chi connectivity index (χ1v) is 7.37. The minimum atomic E-state index is -4.56. The summed E-state index contributed by atoms with van der Waals surface area (Å²) in [6.07, 6.45) is 0. The molecule has 4 nitrogen and oxygen atoms in total. The van der Waals surface area contributed by atoms with Crippen LogP contribution in [0.5, 0.6) is 0 Å². The van der Waals surface area contributed by atoms with Crippen LogP contribution >= 0.6 is 15.9 Å². The molecular formula is C11H6BrF3N2O2S. The van der Waals surface area contributed by atoms with E-state index in [9.17, 15) is 21.6 Å². The predicted molar refractivity (Wildman–Crippen MR) is 69.1 cm³/mol. The van der Waals surface area contributed by atoms with Gasteiger partial charge in [-0.15, -0.1) is 0 Å². The van der Waals surface area contributed by atoms with Gasteiger partial charge in [0.15, 0.2) is 4.90 Å². The highest BCUT2D eigenvalue weighted by atomic mass is 79.9. The van der Waals surface area contributed by atoms with Crippen LogP contribution in [0.25, 0.3) is 0 Å². The number of nitrogens with one attached hydrogen (secondary N) is 1. The van der Waals surface area contributed by atoms with Crippen LogP contribution in [0.15, 0.2) is 39.8 Å². The largest absolute Gasteiger partial charge is 0.268 e. The fraction of sp³-hybridized carbons (Fsp3) is 0. The van der Waals surface area contributed by atoms with E-state index >= 15 is 0 Å². The van der Waals surface area contributed by atoms with Crippen LogP contribution in [0.1, 0.15) is 0 Å². The van der Waals surface area contributed by atoms with Crippen LogP contribution in [-0.2, 0) is 10.0 Å². The van der Waals surface area contributed by atoms with Gasteiger partial charge < -0.3 is 0 Å². The molecule has 2 aromatic rings. The molecule has 0 radical (unpaired) electrons. The third-order valence-corrected chi connectivity index (χ3v) is 4.03. The summed E-state index contributed by atoms with van der Waals surface area (Å²) in [7, 11) is -4.56. The van der Waals surface area contributed by atoms with Crippen LogP contribution in [-0.4, -0.2) is 13.4 Å². The third kappa shape index (κ3) is 3.10. The summed E-state index contributed by atoms with van der Waals surface area (Å²) in [6.45, 7) is 0. The number of sulfonamides is 1. The number of rotatable bonds is 3. The minimum absolute atomic E-state index is 0.137. The number of benzene rings is 1. The molecule has 0 unspecified atom stereocenters. The highest BCUT2D eigenvalue weighted by Gasteiger charge is 2.25. The van der Waals surface area contributed by atoms with E-state index in [4.69, 9.17) is 0 Å². The first kappa shape index (κ1) is 14.8. The maximum atomic E-state index is 13.5. The van der Waals surface area contributed by atoms with Gasteiger partial charge in [-0.25, -0.2) is 26.6 Å². The molecular weight excluding hydrogens is 361 g/mol. The van der Waals surface area contributed by atoms with Crippen LogP contribution in [0.2, 0.25) is 0 Å².